The van der Waals surface area contributed by atoms with E-state index in [1.165, 1.54) is 5.56 Å². The molecule has 0 aliphatic heterocycles. The molecule has 2 aromatic rings. The van der Waals surface area contributed by atoms with Crippen molar-refractivity contribution in [1.82, 2.24) is 9.97 Å². The van der Waals surface area contributed by atoms with Crippen molar-refractivity contribution in [2.75, 3.05) is 23.8 Å². The molecule has 0 atom stereocenters. The third-order valence-electron chi connectivity index (χ3n) is 4.13. The molecule has 1 amide bonds. The largest absolute Gasteiger partial charge is 0.360 e. The van der Waals surface area contributed by atoms with Crippen LogP contribution in [0, 0.1) is 6.92 Å². The first-order valence-electron chi connectivity index (χ1n) is 8.88. The van der Waals surface area contributed by atoms with Gasteiger partial charge in [0.25, 0.3) is 5.91 Å². The van der Waals surface area contributed by atoms with Gasteiger partial charge in [0.15, 0.2) is 0 Å². The van der Waals surface area contributed by atoms with Crippen LogP contribution in [0.2, 0.25) is 0 Å². The molecule has 1 heterocycles. The average Bonchev–Trinajstić information content (AvgIpc) is 2.59. The van der Waals surface area contributed by atoms with Crippen LogP contribution < -0.4 is 10.2 Å². The molecule has 0 bridgehead atoms. The zero-order valence-electron chi connectivity index (χ0n) is 15.8. The van der Waals surface area contributed by atoms with Gasteiger partial charge in [0.2, 0.25) is 0 Å². The third kappa shape index (κ3) is 5.28. The normalized spacial score (nSPS) is 10.8. The number of rotatable bonds is 7. The number of amides is 1. The van der Waals surface area contributed by atoms with E-state index in [1.807, 2.05) is 38.2 Å². The minimum atomic E-state index is -0.215. The summed E-state index contributed by atoms with van der Waals surface area (Å²) in [5.74, 6) is 1.63. The summed E-state index contributed by atoms with van der Waals surface area (Å²) in [6.45, 7) is 9.17. The van der Waals surface area contributed by atoms with E-state index in [4.69, 9.17) is 0 Å². The summed E-state index contributed by atoms with van der Waals surface area (Å²) in [5.41, 5.74) is 2.40. The van der Waals surface area contributed by atoms with Gasteiger partial charge >= 0.3 is 0 Å². The topological polar surface area (TPSA) is 58.1 Å². The highest BCUT2D eigenvalue weighted by atomic mass is 16.1. The first-order valence-corrected chi connectivity index (χ1v) is 8.88. The molecule has 1 aromatic carbocycles. The van der Waals surface area contributed by atoms with E-state index in [2.05, 4.69) is 41.0 Å². The third-order valence-corrected chi connectivity index (χ3v) is 4.13. The number of anilines is 2. The molecule has 25 heavy (non-hydrogen) atoms. The molecule has 0 radical (unpaired) electrons. The number of unbranched alkanes of at least 4 members (excludes halogenated alkanes) is 1. The SMILES string of the molecule is CCCCN(C)c1cc(C(=O)Nc2ccc(C(C)C)cc2)nc(C)n1. The lowest BCUT2D eigenvalue weighted by molar-refractivity contribution is 0.102. The summed E-state index contributed by atoms with van der Waals surface area (Å²) < 4.78 is 0. The smallest absolute Gasteiger partial charge is 0.274 e. The molecule has 0 aliphatic carbocycles. The Morgan fingerprint density at radius 1 is 1.20 bits per heavy atom. The molecule has 0 saturated heterocycles. The molecule has 0 saturated carbocycles. The second-order valence-electron chi connectivity index (χ2n) is 6.66. The quantitative estimate of drug-likeness (QED) is 0.812. The number of carbonyl (C=O) groups excluding carboxylic acids is 1. The first-order chi connectivity index (χ1) is 11.9. The Labute approximate surface area is 150 Å². The van der Waals surface area contributed by atoms with Crippen molar-refractivity contribution < 1.29 is 4.79 Å². The lowest BCUT2D eigenvalue weighted by Crippen LogP contribution is -2.22. The van der Waals surface area contributed by atoms with Crippen molar-refractivity contribution >= 4 is 17.4 Å². The Morgan fingerprint density at radius 2 is 1.88 bits per heavy atom. The van der Waals surface area contributed by atoms with Crippen LogP contribution in [-0.4, -0.2) is 29.5 Å². The van der Waals surface area contributed by atoms with Gasteiger partial charge in [0, 0.05) is 25.3 Å². The van der Waals surface area contributed by atoms with E-state index < -0.39 is 0 Å². The summed E-state index contributed by atoms with van der Waals surface area (Å²) >= 11 is 0. The highest BCUT2D eigenvalue weighted by molar-refractivity contribution is 6.03. The molecule has 0 aliphatic rings. The lowest BCUT2D eigenvalue weighted by atomic mass is 10.0. The van der Waals surface area contributed by atoms with Gasteiger partial charge < -0.3 is 10.2 Å². The Balaban J connectivity index is 2.14. The summed E-state index contributed by atoms with van der Waals surface area (Å²) in [4.78, 5) is 23.3. The molecule has 1 N–H and O–H groups in total. The summed E-state index contributed by atoms with van der Waals surface area (Å²) in [6.07, 6.45) is 2.21. The van der Waals surface area contributed by atoms with Crippen LogP contribution in [0.4, 0.5) is 11.5 Å². The van der Waals surface area contributed by atoms with Gasteiger partial charge in [-0.25, -0.2) is 9.97 Å². The maximum absolute atomic E-state index is 12.6. The number of carbonyl (C=O) groups is 1. The second-order valence-corrected chi connectivity index (χ2v) is 6.66. The van der Waals surface area contributed by atoms with E-state index in [1.54, 1.807) is 6.07 Å². The summed E-state index contributed by atoms with van der Waals surface area (Å²) in [5, 5.41) is 2.91. The first kappa shape index (κ1) is 18.9. The molecular formula is C20H28N4O. The summed E-state index contributed by atoms with van der Waals surface area (Å²) in [7, 11) is 1.99. The Kier molecular flexibility index (Phi) is 6.51. The van der Waals surface area contributed by atoms with Crippen LogP contribution in [0.5, 0.6) is 0 Å². The molecule has 0 spiro atoms. The highest BCUT2D eigenvalue weighted by Crippen LogP contribution is 2.18. The zero-order valence-corrected chi connectivity index (χ0v) is 15.8. The number of aryl methyl sites for hydroxylation is 1. The van der Waals surface area contributed by atoms with Crippen LogP contribution in [0.15, 0.2) is 30.3 Å². The zero-order chi connectivity index (χ0) is 18.4. The molecule has 2 rings (SSSR count). The number of hydrogen-bond donors (Lipinski definition) is 1. The van der Waals surface area contributed by atoms with Crippen LogP contribution in [0.25, 0.3) is 0 Å². The standard InChI is InChI=1S/C20H28N4O/c1-6-7-12-24(5)19-13-18(21-15(4)22-19)20(25)23-17-10-8-16(9-11-17)14(2)3/h8-11,13-14H,6-7,12H2,1-5H3,(H,23,25). The van der Waals surface area contributed by atoms with E-state index in [0.29, 0.717) is 17.4 Å². The van der Waals surface area contributed by atoms with Crippen LogP contribution >= 0.6 is 0 Å². The fourth-order valence-corrected chi connectivity index (χ4v) is 2.52. The average molecular weight is 340 g/mol. The maximum atomic E-state index is 12.6. The highest BCUT2D eigenvalue weighted by Gasteiger charge is 2.13. The molecule has 134 valence electrons. The molecule has 5 nitrogen and oxygen atoms in total. The Morgan fingerprint density at radius 3 is 2.48 bits per heavy atom. The fraction of sp³-hybridized carbons (Fsp3) is 0.450. The number of nitrogens with one attached hydrogen (secondary N) is 1. The van der Waals surface area contributed by atoms with Gasteiger partial charge in [-0.05, 0) is 37.0 Å². The van der Waals surface area contributed by atoms with Crippen LogP contribution in [0.3, 0.4) is 0 Å². The fourth-order valence-electron chi connectivity index (χ4n) is 2.52. The van der Waals surface area contributed by atoms with E-state index in [0.717, 1.165) is 30.9 Å². The molecular weight excluding hydrogens is 312 g/mol. The van der Waals surface area contributed by atoms with Crippen LogP contribution in [-0.2, 0) is 0 Å². The van der Waals surface area contributed by atoms with Crippen LogP contribution in [0.1, 0.15) is 61.4 Å². The summed E-state index contributed by atoms with van der Waals surface area (Å²) in [6, 6.07) is 9.68. The Bertz CT molecular complexity index is 710. The number of nitrogens with zero attached hydrogens (tertiary/aromatic N) is 3. The van der Waals surface area contributed by atoms with Gasteiger partial charge in [-0.1, -0.05) is 39.3 Å². The molecule has 5 heteroatoms. The van der Waals surface area contributed by atoms with Crippen molar-refractivity contribution in [3.8, 4) is 0 Å². The number of aromatic nitrogens is 2. The second kappa shape index (κ2) is 8.60. The van der Waals surface area contributed by atoms with E-state index >= 15 is 0 Å². The lowest BCUT2D eigenvalue weighted by Gasteiger charge is -2.18. The van der Waals surface area contributed by atoms with Crippen molar-refractivity contribution in [2.24, 2.45) is 0 Å². The predicted molar refractivity (Wildman–Crippen MR) is 103 cm³/mol. The van der Waals surface area contributed by atoms with Gasteiger partial charge in [-0.2, -0.15) is 0 Å². The van der Waals surface area contributed by atoms with Crippen molar-refractivity contribution in [3.05, 3.63) is 47.4 Å². The molecule has 0 fully saturated rings. The Hall–Kier alpha value is -2.43. The van der Waals surface area contributed by atoms with Gasteiger partial charge in [-0.15, -0.1) is 0 Å². The minimum absolute atomic E-state index is 0.215. The van der Waals surface area contributed by atoms with Crippen molar-refractivity contribution in [2.45, 2.75) is 46.5 Å². The monoisotopic (exact) mass is 340 g/mol. The van der Waals surface area contributed by atoms with Gasteiger partial charge in [0.1, 0.15) is 17.3 Å². The van der Waals surface area contributed by atoms with Gasteiger partial charge in [-0.3, -0.25) is 4.79 Å². The predicted octanol–water partition coefficient (Wildman–Crippen LogP) is 4.40. The van der Waals surface area contributed by atoms with Crippen molar-refractivity contribution in [3.63, 3.8) is 0 Å². The number of benzene rings is 1. The minimum Gasteiger partial charge on any atom is -0.360 e. The molecule has 1 aromatic heterocycles. The van der Waals surface area contributed by atoms with E-state index in [9.17, 15) is 4.79 Å². The van der Waals surface area contributed by atoms with E-state index in [-0.39, 0.29) is 5.91 Å². The van der Waals surface area contributed by atoms with Crippen molar-refractivity contribution in [1.29, 1.82) is 0 Å². The maximum Gasteiger partial charge on any atom is 0.274 e. The number of hydrogen-bond acceptors (Lipinski definition) is 4. The van der Waals surface area contributed by atoms with Gasteiger partial charge in [0.05, 0.1) is 0 Å². The molecule has 0 unspecified atom stereocenters.